The first-order chi connectivity index (χ1) is 12.4. The lowest BCUT2D eigenvalue weighted by atomic mass is 9.92. The molecule has 0 aliphatic rings. The van der Waals surface area contributed by atoms with Gasteiger partial charge in [-0.1, -0.05) is 30.3 Å². The molecule has 0 fully saturated rings. The van der Waals surface area contributed by atoms with Crippen molar-refractivity contribution >= 4 is 21.7 Å². The molecule has 1 nitrogen and oxygen atoms in total. The number of nitrogens with zero attached hydrogens (tertiary/aromatic N) is 1. The van der Waals surface area contributed by atoms with Gasteiger partial charge in [0.25, 0.3) is 0 Å². The van der Waals surface area contributed by atoms with Gasteiger partial charge in [0.15, 0.2) is 0 Å². The minimum atomic E-state index is 1.28. The zero-order valence-corrected chi connectivity index (χ0v) is 16.6. The summed E-state index contributed by atoms with van der Waals surface area (Å²) in [5.41, 5.74) is 10.6. The summed E-state index contributed by atoms with van der Waals surface area (Å²) in [4.78, 5) is 0. The van der Waals surface area contributed by atoms with Crippen LogP contribution in [0.25, 0.3) is 32.9 Å². The third-order valence-corrected chi connectivity index (χ3v) is 5.73. The highest BCUT2D eigenvalue weighted by Gasteiger charge is 2.21. The average molecular weight is 340 g/mol. The molecule has 1 heteroatoms. The molecular weight excluding hydrogens is 314 g/mol. The van der Waals surface area contributed by atoms with Crippen molar-refractivity contribution in [1.29, 1.82) is 0 Å². The number of hydrogen-bond donors (Lipinski definition) is 0. The fourth-order valence-electron chi connectivity index (χ4n) is 4.45. The Labute approximate surface area is 155 Å². The van der Waals surface area contributed by atoms with Gasteiger partial charge < -0.3 is 0 Å². The first-order valence-electron chi connectivity index (χ1n) is 9.28. The number of aryl methyl sites for hydroxylation is 6. The fourth-order valence-corrected chi connectivity index (χ4v) is 4.45. The van der Waals surface area contributed by atoms with E-state index >= 15 is 0 Å². The second-order valence-corrected chi connectivity index (χ2v) is 7.66. The summed E-state index contributed by atoms with van der Waals surface area (Å²) in [5.74, 6) is 0. The van der Waals surface area contributed by atoms with E-state index in [0.29, 0.717) is 0 Å². The molecule has 0 aliphatic carbocycles. The molecule has 4 aromatic rings. The molecule has 1 aromatic heterocycles. The normalized spacial score (nSPS) is 11.5. The Bertz CT molecular complexity index is 1180. The summed E-state index contributed by atoms with van der Waals surface area (Å²) in [7, 11) is 2.19. The lowest BCUT2D eigenvalue weighted by Crippen LogP contribution is -2.33. The number of benzene rings is 3. The van der Waals surface area contributed by atoms with Crippen LogP contribution in [0, 0.1) is 34.6 Å². The largest absolute Gasteiger partial charge is 0.213 e. The summed E-state index contributed by atoms with van der Waals surface area (Å²) in [5, 5.41) is 4.07. The van der Waals surface area contributed by atoms with Crippen molar-refractivity contribution in [2.75, 3.05) is 0 Å². The second kappa shape index (κ2) is 5.95. The van der Waals surface area contributed by atoms with Crippen molar-refractivity contribution in [3.05, 3.63) is 76.3 Å². The van der Waals surface area contributed by atoms with Crippen LogP contribution in [-0.2, 0) is 7.05 Å². The van der Waals surface area contributed by atoms with E-state index in [1.165, 1.54) is 60.8 Å². The molecule has 0 unspecified atom stereocenters. The molecule has 0 saturated carbocycles. The molecule has 130 valence electrons. The first-order valence-corrected chi connectivity index (χ1v) is 9.28. The molecule has 0 radical (unpaired) electrons. The first kappa shape index (κ1) is 16.8. The Hall–Kier alpha value is -2.67. The third-order valence-electron chi connectivity index (χ3n) is 5.73. The van der Waals surface area contributed by atoms with E-state index in [-0.39, 0.29) is 0 Å². The molecule has 4 rings (SSSR count). The topological polar surface area (TPSA) is 3.88 Å². The van der Waals surface area contributed by atoms with E-state index in [9.17, 15) is 0 Å². The van der Waals surface area contributed by atoms with Crippen LogP contribution in [0.15, 0.2) is 48.5 Å². The van der Waals surface area contributed by atoms with Gasteiger partial charge in [-0.25, -0.2) is 0 Å². The van der Waals surface area contributed by atoms with Gasteiger partial charge in [-0.3, -0.25) is 0 Å². The van der Waals surface area contributed by atoms with E-state index in [1.807, 2.05) is 0 Å². The predicted molar refractivity (Wildman–Crippen MR) is 112 cm³/mol. The minimum Gasteiger partial charge on any atom is -0.194 e. The van der Waals surface area contributed by atoms with Gasteiger partial charge >= 0.3 is 0 Å². The molecule has 0 N–H and O–H groups in total. The summed E-state index contributed by atoms with van der Waals surface area (Å²) in [6, 6.07) is 18.0. The maximum atomic E-state index is 2.36. The number of pyridine rings is 1. The summed E-state index contributed by atoms with van der Waals surface area (Å²) < 4.78 is 2.36. The van der Waals surface area contributed by atoms with Gasteiger partial charge in [-0.2, -0.15) is 4.57 Å². The van der Waals surface area contributed by atoms with Crippen molar-refractivity contribution < 1.29 is 4.57 Å². The Morgan fingerprint density at radius 3 is 2.08 bits per heavy atom. The van der Waals surface area contributed by atoms with Crippen molar-refractivity contribution in [2.45, 2.75) is 34.6 Å². The van der Waals surface area contributed by atoms with Crippen LogP contribution in [0.3, 0.4) is 0 Å². The Morgan fingerprint density at radius 2 is 1.35 bits per heavy atom. The van der Waals surface area contributed by atoms with Crippen LogP contribution in [-0.4, -0.2) is 0 Å². The maximum absolute atomic E-state index is 2.36. The number of hydrogen-bond acceptors (Lipinski definition) is 0. The molecule has 0 saturated heterocycles. The van der Waals surface area contributed by atoms with Gasteiger partial charge in [0.1, 0.15) is 7.05 Å². The number of aromatic nitrogens is 1. The number of fused-ring (bicyclic) bond motifs is 2. The number of rotatable bonds is 1. The van der Waals surface area contributed by atoms with Gasteiger partial charge in [0.05, 0.1) is 5.39 Å². The molecule has 0 spiro atoms. The molecule has 0 amide bonds. The smallest absolute Gasteiger partial charge is 0.194 e. The van der Waals surface area contributed by atoms with Crippen LogP contribution in [0.2, 0.25) is 0 Å². The average Bonchev–Trinajstić information content (AvgIpc) is 2.61. The Kier molecular flexibility index (Phi) is 3.84. The fraction of sp³-hybridized carbons (Fsp3) is 0.240. The Morgan fingerprint density at radius 1 is 0.692 bits per heavy atom. The predicted octanol–water partition coefficient (Wildman–Crippen LogP) is 6.03. The highest BCUT2D eigenvalue weighted by Crippen LogP contribution is 2.33. The van der Waals surface area contributed by atoms with Crippen LogP contribution in [0.4, 0.5) is 0 Å². The molecular formula is C25H26N+. The molecule has 3 aromatic carbocycles. The van der Waals surface area contributed by atoms with Crippen molar-refractivity contribution in [2.24, 2.45) is 7.05 Å². The maximum Gasteiger partial charge on any atom is 0.213 e. The van der Waals surface area contributed by atoms with Crippen molar-refractivity contribution in [1.82, 2.24) is 0 Å². The summed E-state index contributed by atoms with van der Waals surface area (Å²) in [6.07, 6.45) is 0. The molecule has 26 heavy (non-hydrogen) atoms. The molecule has 0 atom stereocenters. The SMILES string of the molecule is Cc1cc(C)c2c(C)cc(-c3cc(C)c4ccccc4c3C)[n+](C)c2c1. The summed E-state index contributed by atoms with van der Waals surface area (Å²) >= 11 is 0. The van der Waals surface area contributed by atoms with E-state index < -0.39 is 0 Å². The van der Waals surface area contributed by atoms with Gasteiger partial charge in [0.2, 0.25) is 11.2 Å². The lowest BCUT2D eigenvalue weighted by Gasteiger charge is -2.14. The third kappa shape index (κ3) is 2.42. The Balaban J connectivity index is 2.12. The highest BCUT2D eigenvalue weighted by molar-refractivity contribution is 5.94. The van der Waals surface area contributed by atoms with E-state index in [4.69, 9.17) is 0 Å². The quantitative estimate of drug-likeness (QED) is 0.373. The van der Waals surface area contributed by atoms with E-state index in [2.05, 4.69) is 94.8 Å². The van der Waals surface area contributed by atoms with Crippen molar-refractivity contribution in [3.8, 4) is 11.3 Å². The second-order valence-electron chi connectivity index (χ2n) is 7.66. The lowest BCUT2D eigenvalue weighted by molar-refractivity contribution is -0.633. The molecule has 1 heterocycles. The van der Waals surface area contributed by atoms with E-state index in [0.717, 1.165) is 0 Å². The van der Waals surface area contributed by atoms with Crippen LogP contribution in [0.5, 0.6) is 0 Å². The zero-order valence-electron chi connectivity index (χ0n) is 16.6. The molecule has 0 bridgehead atoms. The van der Waals surface area contributed by atoms with Crippen LogP contribution < -0.4 is 4.57 Å². The minimum absolute atomic E-state index is 1.28. The van der Waals surface area contributed by atoms with Crippen molar-refractivity contribution in [3.63, 3.8) is 0 Å². The van der Waals surface area contributed by atoms with Crippen LogP contribution in [0.1, 0.15) is 27.8 Å². The highest BCUT2D eigenvalue weighted by atomic mass is 14.9. The van der Waals surface area contributed by atoms with Gasteiger partial charge in [0, 0.05) is 17.7 Å². The monoisotopic (exact) mass is 340 g/mol. The molecule has 0 aliphatic heterocycles. The van der Waals surface area contributed by atoms with Gasteiger partial charge in [-0.05, 0) is 79.3 Å². The zero-order chi connectivity index (χ0) is 18.6. The standard InChI is InChI=1S/C25H26N/c1-15-11-17(3)25-18(4)14-23(26(6)24(25)12-15)22-13-16(2)20-9-7-8-10-21(20)19(22)5/h7-14H,1-6H3/q+1. The van der Waals surface area contributed by atoms with Gasteiger partial charge in [-0.15, -0.1) is 0 Å². The van der Waals surface area contributed by atoms with Crippen LogP contribution >= 0.6 is 0 Å². The van der Waals surface area contributed by atoms with E-state index in [1.54, 1.807) is 0 Å². The summed E-state index contributed by atoms with van der Waals surface area (Å²) in [6.45, 7) is 11.1.